The van der Waals surface area contributed by atoms with Gasteiger partial charge in [-0.25, -0.2) is 4.98 Å². The third-order valence-corrected chi connectivity index (χ3v) is 3.86. The second-order valence-electron chi connectivity index (χ2n) is 5.36. The van der Waals surface area contributed by atoms with Gasteiger partial charge in [-0.2, -0.15) is 5.48 Å². The summed E-state index contributed by atoms with van der Waals surface area (Å²) in [6.07, 6.45) is 3.57. The van der Waals surface area contributed by atoms with Gasteiger partial charge in [0, 0.05) is 12.1 Å². The van der Waals surface area contributed by atoms with E-state index in [0.29, 0.717) is 30.9 Å². The Morgan fingerprint density at radius 2 is 2.22 bits per heavy atom. The van der Waals surface area contributed by atoms with Crippen molar-refractivity contribution in [3.8, 4) is 17.1 Å². The monoisotopic (exact) mass is 315 g/mol. The highest BCUT2D eigenvalue weighted by atomic mass is 16.7. The highest BCUT2D eigenvalue weighted by Gasteiger charge is 2.29. The van der Waals surface area contributed by atoms with Gasteiger partial charge in [-0.05, 0) is 44.0 Å². The molecule has 0 bridgehead atoms. The van der Waals surface area contributed by atoms with Crippen LogP contribution in [-0.4, -0.2) is 34.8 Å². The lowest BCUT2D eigenvalue weighted by atomic mass is 10.1. The maximum atomic E-state index is 12.0. The predicted octanol–water partition coefficient (Wildman–Crippen LogP) is 1.68. The standard InChI is InChI=1S/C16H17N3O4/c1-11-15(22-9-17-11)12-4-6-13(7-5-12)23-18-16(21)14-3-2-8-19(14)10-20/h4-7,9-10,14H,2-3,8H2,1H3,(H,18,21). The van der Waals surface area contributed by atoms with E-state index in [4.69, 9.17) is 9.25 Å². The van der Waals surface area contributed by atoms with E-state index < -0.39 is 6.04 Å². The summed E-state index contributed by atoms with van der Waals surface area (Å²) < 4.78 is 5.32. The van der Waals surface area contributed by atoms with E-state index in [2.05, 4.69) is 10.5 Å². The number of hydrogen-bond acceptors (Lipinski definition) is 5. The first-order valence-corrected chi connectivity index (χ1v) is 7.37. The van der Waals surface area contributed by atoms with Crippen LogP contribution in [0.2, 0.25) is 0 Å². The van der Waals surface area contributed by atoms with Gasteiger partial charge < -0.3 is 14.2 Å². The Morgan fingerprint density at radius 3 is 2.87 bits per heavy atom. The van der Waals surface area contributed by atoms with Crippen molar-refractivity contribution >= 4 is 12.3 Å². The maximum absolute atomic E-state index is 12.0. The zero-order valence-corrected chi connectivity index (χ0v) is 12.7. The molecular weight excluding hydrogens is 298 g/mol. The average Bonchev–Trinajstić information content (AvgIpc) is 3.21. The molecule has 3 rings (SSSR count). The number of hydroxylamine groups is 1. The molecule has 7 heteroatoms. The topological polar surface area (TPSA) is 84.7 Å². The molecule has 1 aromatic heterocycles. The number of hydrogen-bond donors (Lipinski definition) is 1. The first-order chi connectivity index (χ1) is 11.2. The molecule has 0 spiro atoms. The van der Waals surface area contributed by atoms with E-state index in [1.54, 1.807) is 12.1 Å². The molecule has 1 saturated heterocycles. The second-order valence-corrected chi connectivity index (χ2v) is 5.36. The summed E-state index contributed by atoms with van der Waals surface area (Å²) in [4.78, 5) is 33.7. The van der Waals surface area contributed by atoms with Crippen molar-refractivity contribution in [3.05, 3.63) is 36.4 Å². The minimum atomic E-state index is -0.455. The van der Waals surface area contributed by atoms with Crippen molar-refractivity contribution in [2.45, 2.75) is 25.8 Å². The number of amides is 2. The van der Waals surface area contributed by atoms with E-state index in [0.717, 1.165) is 17.7 Å². The molecule has 0 aliphatic carbocycles. The lowest BCUT2D eigenvalue weighted by molar-refractivity contribution is -0.136. The average molecular weight is 315 g/mol. The van der Waals surface area contributed by atoms with E-state index in [1.807, 2.05) is 19.1 Å². The number of carbonyl (C=O) groups excluding carboxylic acids is 2. The zero-order valence-electron chi connectivity index (χ0n) is 12.7. The molecule has 2 aromatic rings. The Labute approximate surface area is 133 Å². The third kappa shape index (κ3) is 3.18. The van der Waals surface area contributed by atoms with E-state index in [-0.39, 0.29) is 5.91 Å². The summed E-state index contributed by atoms with van der Waals surface area (Å²) in [6.45, 7) is 2.47. The summed E-state index contributed by atoms with van der Waals surface area (Å²) in [5, 5.41) is 0. The molecule has 2 heterocycles. The van der Waals surface area contributed by atoms with Crippen LogP contribution >= 0.6 is 0 Å². The van der Waals surface area contributed by atoms with E-state index in [1.165, 1.54) is 11.3 Å². The predicted molar refractivity (Wildman–Crippen MR) is 81.2 cm³/mol. The molecule has 2 amide bonds. The molecule has 0 radical (unpaired) electrons. The summed E-state index contributed by atoms with van der Waals surface area (Å²) in [5.74, 6) is 0.882. The van der Waals surface area contributed by atoms with Gasteiger partial charge in [0.1, 0.15) is 6.04 Å². The van der Waals surface area contributed by atoms with Crippen LogP contribution in [0, 0.1) is 6.92 Å². The Bertz CT molecular complexity index is 696. The van der Waals surface area contributed by atoms with Crippen molar-refractivity contribution in [1.82, 2.24) is 15.4 Å². The van der Waals surface area contributed by atoms with Gasteiger partial charge in [0.15, 0.2) is 17.9 Å². The maximum Gasteiger partial charge on any atom is 0.275 e. The Morgan fingerprint density at radius 1 is 1.43 bits per heavy atom. The number of likely N-dealkylation sites (tertiary alicyclic amines) is 1. The Kier molecular flexibility index (Phi) is 4.27. The fourth-order valence-electron chi connectivity index (χ4n) is 2.63. The summed E-state index contributed by atoms with van der Waals surface area (Å²) in [6, 6.07) is 6.64. The van der Waals surface area contributed by atoms with Gasteiger partial charge in [-0.3, -0.25) is 9.59 Å². The number of nitrogens with one attached hydrogen (secondary N) is 1. The number of nitrogens with zero attached hydrogens (tertiary/aromatic N) is 2. The Hall–Kier alpha value is -2.83. The van der Waals surface area contributed by atoms with Crippen molar-refractivity contribution in [1.29, 1.82) is 0 Å². The molecule has 0 saturated carbocycles. The molecule has 1 fully saturated rings. The van der Waals surface area contributed by atoms with Gasteiger partial charge in [0.2, 0.25) is 6.41 Å². The summed E-state index contributed by atoms with van der Waals surface area (Å²) >= 11 is 0. The smallest absolute Gasteiger partial charge is 0.275 e. The van der Waals surface area contributed by atoms with Gasteiger partial charge in [-0.15, -0.1) is 0 Å². The molecule has 7 nitrogen and oxygen atoms in total. The normalized spacial score (nSPS) is 17.1. The van der Waals surface area contributed by atoms with E-state index >= 15 is 0 Å². The minimum absolute atomic E-state index is 0.315. The minimum Gasteiger partial charge on any atom is -0.443 e. The molecule has 120 valence electrons. The third-order valence-electron chi connectivity index (χ3n) is 3.86. The van der Waals surface area contributed by atoms with Crippen LogP contribution in [0.15, 0.2) is 35.1 Å². The number of benzene rings is 1. The van der Waals surface area contributed by atoms with Crippen molar-refractivity contribution < 1.29 is 18.8 Å². The molecule has 1 aliphatic rings. The van der Waals surface area contributed by atoms with Gasteiger partial charge in [-0.1, -0.05) is 0 Å². The van der Waals surface area contributed by atoms with Crippen LogP contribution in [0.1, 0.15) is 18.5 Å². The lowest BCUT2D eigenvalue weighted by Crippen LogP contribution is -2.43. The van der Waals surface area contributed by atoms with Crippen LogP contribution in [-0.2, 0) is 9.59 Å². The van der Waals surface area contributed by atoms with Gasteiger partial charge >= 0.3 is 0 Å². The Balaban J connectivity index is 1.60. The summed E-state index contributed by atoms with van der Waals surface area (Å²) in [5.41, 5.74) is 4.08. The molecule has 1 aromatic carbocycles. The molecule has 23 heavy (non-hydrogen) atoms. The zero-order chi connectivity index (χ0) is 16.2. The molecule has 1 unspecified atom stereocenters. The van der Waals surface area contributed by atoms with Crippen LogP contribution in [0.5, 0.6) is 5.75 Å². The fraction of sp³-hybridized carbons (Fsp3) is 0.312. The second kappa shape index (κ2) is 6.51. The number of aryl methyl sites for hydroxylation is 1. The molecule has 1 N–H and O–H groups in total. The van der Waals surface area contributed by atoms with Crippen LogP contribution < -0.4 is 10.3 Å². The lowest BCUT2D eigenvalue weighted by Gasteiger charge is -2.18. The largest absolute Gasteiger partial charge is 0.443 e. The quantitative estimate of drug-likeness (QED) is 0.670. The SMILES string of the molecule is Cc1ncoc1-c1ccc(ONC(=O)C2CCCN2C=O)cc1. The van der Waals surface area contributed by atoms with Crippen LogP contribution in [0.4, 0.5) is 0 Å². The fourth-order valence-corrected chi connectivity index (χ4v) is 2.63. The van der Waals surface area contributed by atoms with Crippen molar-refractivity contribution in [3.63, 3.8) is 0 Å². The number of aromatic nitrogens is 1. The molecule has 1 atom stereocenters. The van der Waals surface area contributed by atoms with Crippen molar-refractivity contribution in [2.24, 2.45) is 0 Å². The first-order valence-electron chi connectivity index (χ1n) is 7.37. The van der Waals surface area contributed by atoms with Crippen LogP contribution in [0.3, 0.4) is 0 Å². The van der Waals surface area contributed by atoms with Crippen LogP contribution in [0.25, 0.3) is 11.3 Å². The number of oxazole rings is 1. The van der Waals surface area contributed by atoms with Gasteiger partial charge in [0.25, 0.3) is 5.91 Å². The summed E-state index contributed by atoms with van der Waals surface area (Å²) in [7, 11) is 0. The van der Waals surface area contributed by atoms with Gasteiger partial charge in [0.05, 0.1) is 5.69 Å². The molecular formula is C16H17N3O4. The molecule has 1 aliphatic heterocycles. The highest BCUT2D eigenvalue weighted by Crippen LogP contribution is 2.24. The number of rotatable bonds is 5. The first kappa shape index (κ1) is 15.1. The van der Waals surface area contributed by atoms with Crippen molar-refractivity contribution in [2.75, 3.05) is 6.54 Å². The number of carbonyl (C=O) groups is 2. The highest BCUT2D eigenvalue weighted by molar-refractivity contribution is 5.83. The van der Waals surface area contributed by atoms with E-state index in [9.17, 15) is 9.59 Å².